The van der Waals surface area contributed by atoms with Gasteiger partial charge in [-0.2, -0.15) is 0 Å². The van der Waals surface area contributed by atoms with Crippen LogP contribution in [0.1, 0.15) is 6.92 Å². The lowest BCUT2D eigenvalue weighted by atomic mass is 10.4. The first-order chi connectivity index (χ1) is 4.81. The molecule has 0 aromatic carbocycles. The summed E-state index contributed by atoms with van der Waals surface area (Å²) in [5.74, 6) is 0.528. The number of allylic oxidation sites excluding steroid dienone is 1. The highest BCUT2D eigenvalue weighted by Crippen LogP contribution is 1.92. The lowest BCUT2D eigenvalue weighted by Crippen LogP contribution is -2.06. The average Bonchev–Trinajstić information content (AvgIpc) is 1.97. The zero-order valence-electron chi connectivity index (χ0n) is 6.34. The predicted octanol–water partition coefficient (Wildman–Crippen LogP) is 1.79. The third kappa shape index (κ3) is 6.08. The maximum atomic E-state index is 5.41. The van der Waals surface area contributed by atoms with Gasteiger partial charge in [-0.05, 0) is 6.92 Å². The second-order valence-electron chi connectivity index (χ2n) is 1.86. The van der Waals surface area contributed by atoms with Crippen LogP contribution < -0.4 is 0 Å². The first-order valence-corrected chi connectivity index (χ1v) is 3.68. The fourth-order valence-electron chi connectivity index (χ4n) is 0.474. The Bertz CT molecular complexity index is 93.6. The van der Waals surface area contributed by atoms with Crippen molar-refractivity contribution in [1.82, 2.24) is 0 Å². The highest BCUT2D eigenvalue weighted by Gasteiger charge is 1.92. The van der Waals surface area contributed by atoms with Crippen LogP contribution in [0.3, 0.4) is 0 Å². The second-order valence-corrected chi connectivity index (χ2v) is 2.17. The third-order valence-electron chi connectivity index (χ3n) is 0.945. The van der Waals surface area contributed by atoms with Gasteiger partial charge in [0.15, 0.2) is 0 Å². The summed E-state index contributed by atoms with van der Waals surface area (Å²) in [5.41, 5.74) is 0. The van der Waals surface area contributed by atoms with Gasteiger partial charge in [0.05, 0.1) is 6.10 Å². The van der Waals surface area contributed by atoms with E-state index >= 15 is 0 Å². The molecular weight excluding hydrogens is 152 g/mol. The average molecular weight is 165 g/mol. The van der Waals surface area contributed by atoms with Gasteiger partial charge in [-0.15, -0.1) is 11.6 Å². The molecule has 0 radical (unpaired) electrons. The summed E-state index contributed by atoms with van der Waals surface area (Å²) in [6, 6.07) is 0. The number of alkyl halides is 1. The third-order valence-corrected chi connectivity index (χ3v) is 1.12. The van der Waals surface area contributed by atoms with Crippen molar-refractivity contribution in [2.75, 3.05) is 19.8 Å². The Morgan fingerprint density at radius 3 is 2.80 bits per heavy atom. The number of hydrogen-bond donors (Lipinski definition) is 0. The summed E-state index contributed by atoms with van der Waals surface area (Å²) in [4.78, 5) is 0. The Balaban J connectivity index is 3.24. The fraction of sp³-hybridized carbons (Fsp3) is 0.714. The van der Waals surface area contributed by atoms with E-state index in [1.807, 2.05) is 19.1 Å². The molecule has 10 heavy (non-hydrogen) atoms. The minimum absolute atomic E-state index is 0.0821. The van der Waals surface area contributed by atoms with Gasteiger partial charge in [0.1, 0.15) is 6.79 Å². The Kier molecular flexibility index (Phi) is 7.03. The molecular formula is C7H13ClO2. The number of methoxy groups -OCH3 is 1. The van der Waals surface area contributed by atoms with Crippen LogP contribution in [-0.4, -0.2) is 25.9 Å². The SMILES string of the molecule is COCOC(C)/C=C/CCl. The topological polar surface area (TPSA) is 18.5 Å². The Hall–Kier alpha value is -0.0500. The minimum atomic E-state index is 0.0821. The summed E-state index contributed by atoms with van der Waals surface area (Å²) in [5, 5.41) is 0. The maximum absolute atomic E-state index is 5.41. The van der Waals surface area contributed by atoms with Crippen LogP contribution in [-0.2, 0) is 9.47 Å². The van der Waals surface area contributed by atoms with E-state index < -0.39 is 0 Å². The molecule has 0 aromatic heterocycles. The van der Waals surface area contributed by atoms with Crippen molar-refractivity contribution in [2.24, 2.45) is 0 Å². The van der Waals surface area contributed by atoms with E-state index in [1.54, 1.807) is 7.11 Å². The molecule has 0 saturated carbocycles. The van der Waals surface area contributed by atoms with Crippen molar-refractivity contribution in [1.29, 1.82) is 0 Å². The molecule has 0 fully saturated rings. The number of ether oxygens (including phenoxy) is 2. The molecule has 0 saturated heterocycles. The van der Waals surface area contributed by atoms with Crippen LogP contribution in [0.15, 0.2) is 12.2 Å². The van der Waals surface area contributed by atoms with Crippen molar-refractivity contribution in [2.45, 2.75) is 13.0 Å². The number of hydrogen-bond acceptors (Lipinski definition) is 2. The van der Waals surface area contributed by atoms with Crippen LogP contribution in [0.2, 0.25) is 0 Å². The zero-order chi connectivity index (χ0) is 7.82. The summed E-state index contributed by atoms with van der Waals surface area (Å²) < 4.78 is 9.83. The number of halogens is 1. The van der Waals surface area contributed by atoms with Crippen LogP contribution in [0.5, 0.6) is 0 Å². The minimum Gasteiger partial charge on any atom is -0.359 e. The van der Waals surface area contributed by atoms with Gasteiger partial charge < -0.3 is 9.47 Å². The van der Waals surface area contributed by atoms with Crippen molar-refractivity contribution in [3.05, 3.63) is 12.2 Å². The van der Waals surface area contributed by atoms with Gasteiger partial charge in [0, 0.05) is 13.0 Å². The van der Waals surface area contributed by atoms with Gasteiger partial charge in [0.25, 0.3) is 0 Å². The smallest absolute Gasteiger partial charge is 0.147 e. The monoisotopic (exact) mass is 164 g/mol. The summed E-state index contributed by atoms with van der Waals surface area (Å²) >= 11 is 5.41. The van der Waals surface area contributed by atoms with Crippen LogP contribution in [0, 0.1) is 0 Å². The van der Waals surface area contributed by atoms with E-state index in [2.05, 4.69) is 0 Å². The van der Waals surface area contributed by atoms with E-state index in [0.29, 0.717) is 12.7 Å². The molecule has 0 aromatic rings. The summed E-state index contributed by atoms with van der Waals surface area (Å²) in [7, 11) is 1.60. The van der Waals surface area contributed by atoms with Gasteiger partial charge in [0.2, 0.25) is 0 Å². The van der Waals surface area contributed by atoms with Crippen molar-refractivity contribution >= 4 is 11.6 Å². The van der Waals surface area contributed by atoms with Gasteiger partial charge >= 0.3 is 0 Å². The zero-order valence-corrected chi connectivity index (χ0v) is 7.10. The predicted molar refractivity (Wildman–Crippen MR) is 42.3 cm³/mol. The highest BCUT2D eigenvalue weighted by atomic mass is 35.5. The van der Waals surface area contributed by atoms with E-state index in [9.17, 15) is 0 Å². The Morgan fingerprint density at radius 1 is 1.60 bits per heavy atom. The van der Waals surface area contributed by atoms with E-state index in [1.165, 1.54) is 0 Å². The van der Waals surface area contributed by atoms with Gasteiger partial charge in [-0.25, -0.2) is 0 Å². The fourth-order valence-corrected chi connectivity index (χ4v) is 0.577. The lowest BCUT2D eigenvalue weighted by Gasteiger charge is -2.05. The van der Waals surface area contributed by atoms with Crippen LogP contribution in [0.25, 0.3) is 0 Å². The molecule has 3 heteroatoms. The molecule has 0 aliphatic carbocycles. The van der Waals surface area contributed by atoms with Gasteiger partial charge in [-0.3, -0.25) is 0 Å². The molecule has 0 aliphatic heterocycles. The quantitative estimate of drug-likeness (QED) is 0.351. The molecule has 60 valence electrons. The summed E-state index contributed by atoms with van der Waals surface area (Å²) in [6.07, 6.45) is 3.83. The Labute approximate surface area is 66.8 Å². The number of rotatable bonds is 5. The standard InChI is InChI=1S/C7H13ClO2/c1-7(4-3-5-8)10-6-9-2/h3-4,7H,5-6H2,1-2H3/b4-3+. The van der Waals surface area contributed by atoms with Gasteiger partial charge in [-0.1, -0.05) is 12.2 Å². The lowest BCUT2D eigenvalue weighted by molar-refractivity contribution is -0.0495. The van der Waals surface area contributed by atoms with Crippen LogP contribution >= 0.6 is 11.6 Å². The second kappa shape index (κ2) is 7.06. The molecule has 0 bridgehead atoms. The molecule has 0 amide bonds. The molecule has 1 unspecified atom stereocenters. The largest absolute Gasteiger partial charge is 0.359 e. The van der Waals surface area contributed by atoms with E-state index in [4.69, 9.17) is 21.1 Å². The highest BCUT2D eigenvalue weighted by molar-refractivity contribution is 6.18. The van der Waals surface area contributed by atoms with Crippen molar-refractivity contribution in [3.63, 3.8) is 0 Å². The van der Waals surface area contributed by atoms with Crippen molar-refractivity contribution in [3.8, 4) is 0 Å². The van der Waals surface area contributed by atoms with E-state index in [0.717, 1.165) is 0 Å². The first-order valence-electron chi connectivity index (χ1n) is 3.14. The summed E-state index contributed by atoms with van der Waals surface area (Å²) in [6.45, 7) is 2.26. The van der Waals surface area contributed by atoms with E-state index in [-0.39, 0.29) is 6.10 Å². The van der Waals surface area contributed by atoms with Crippen molar-refractivity contribution < 1.29 is 9.47 Å². The molecule has 2 nitrogen and oxygen atoms in total. The normalized spacial score (nSPS) is 14.3. The molecule has 1 atom stereocenters. The molecule has 0 rings (SSSR count). The first kappa shape index (κ1) is 9.95. The molecule has 0 heterocycles. The molecule has 0 aliphatic rings. The molecule has 0 spiro atoms. The Morgan fingerprint density at radius 2 is 2.30 bits per heavy atom. The maximum Gasteiger partial charge on any atom is 0.147 e. The van der Waals surface area contributed by atoms with Crippen LogP contribution in [0.4, 0.5) is 0 Å². The molecule has 0 N–H and O–H groups in total.